The Balaban J connectivity index is 0.000000640. The van der Waals surface area contributed by atoms with Crippen LogP contribution in [0.1, 0.15) is 11.4 Å². The molecule has 1 aromatic rings. The zero-order valence-electron chi connectivity index (χ0n) is 5.77. The quantitative estimate of drug-likeness (QED) is 0.400. The molecule has 0 aliphatic rings. The van der Waals surface area contributed by atoms with E-state index in [1.807, 2.05) is 13.8 Å². The van der Waals surface area contributed by atoms with Crippen LogP contribution in [-0.2, 0) is 0 Å². The Morgan fingerprint density at radius 1 is 1.44 bits per heavy atom. The number of nitrogens with zero attached hydrogens (tertiary/aromatic N) is 2. The molecule has 1 heterocycles. The predicted molar refractivity (Wildman–Crippen MR) is 39.7 cm³/mol. The summed E-state index contributed by atoms with van der Waals surface area (Å²) in [5.74, 6) is 0. The van der Waals surface area contributed by atoms with Gasteiger partial charge < -0.3 is 10.2 Å². The molecule has 44 valence electrons. The fraction of sp³-hybridized carbons (Fsp3) is 0.400. The molecule has 4 heteroatoms. The monoisotopic (exact) mass is 244 g/mol. The maximum Gasteiger partial charge on any atom is 1.00 e. The van der Waals surface area contributed by atoms with Gasteiger partial charge in [0.2, 0.25) is 0 Å². The smallest absolute Gasteiger partial charge is 0.578 e. The topological polar surface area (TPSA) is 27.0 Å². The van der Waals surface area contributed by atoms with Crippen molar-refractivity contribution in [2.75, 3.05) is 0 Å². The molecule has 1 aromatic heterocycles. The van der Waals surface area contributed by atoms with Gasteiger partial charge in [-0.25, -0.2) is 0 Å². The first-order chi connectivity index (χ1) is 3.72. The molecule has 0 amide bonds. The number of hydrogen-bond donors (Lipinski definition) is 0. The molecule has 0 aliphatic heterocycles. The molecular formula is C5H6IN2Na. The van der Waals surface area contributed by atoms with Crippen molar-refractivity contribution in [3.05, 3.63) is 15.0 Å². The van der Waals surface area contributed by atoms with Crippen molar-refractivity contribution in [3.8, 4) is 0 Å². The molecule has 0 N–H and O–H groups in total. The Kier molecular flexibility index (Phi) is 4.37. The standard InChI is InChI=1S/C5H6IN2.Na/c1-3-5(6)4(2)8-7-3;/h1-2H3;/q-1;+1. The van der Waals surface area contributed by atoms with Gasteiger partial charge in [-0.1, -0.05) is 6.92 Å². The minimum atomic E-state index is 0. The third kappa shape index (κ3) is 2.22. The Morgan fingerprint density at radius 2 is 2.00 bits per heavy atom. The van der Waals surface area contributed by atoms with Crippen molar-refractivity contribution in [1.82, 2.24) is 10.2 Å². The zero-order chi connectivity index (χ0) is 6.15. The van der Waals surface area contributed by atoms with E-state index in [2.05, 4.69) is 32.8 Å². The van der Waals surface area contributed by atoms with E-state index in [1.165, 1.54) is 3.57 Å². The second-order valence-electron chi connectivity index (χ2n) is 1.68. The van der Waals surface area contributed by atoms with Crippen LogP contribution in [-0.4, -0.2) is 5.10 Å². The van der Waals surface area contributed by atoms with Gasteiger partial charge in [0.25, 0.3) is 0 Å². The van der Waals surface area contributed by atoms with E-state index >= 15 is 0 Å². The Morgan fingerprint density at radius 3 is 2.11 bits per heavy atom. The summed E-state index contributed by atoms with van der Waals surface area (Å²) >= 11 is 2.24. The summed E-state index contributed by atoms with van der Waals surface area (Å²) in [6, 6.07) is 0. The van der Waals surface area contributed by atoms with Gasteiger partial charge in [0.1, 0.15) is 0 Å². The molecule has 9 heavy (non-hydrogen) atoms. The SMILES string of the molecule is Cc1n[n-]c(C)c1I.[Na+]. The van der Waals surface area contributed by atoms with E-state index in [0.29, 0.717) is 0 Å². The average molecular weight is 244 g/mol. The molecule has 0 saturated heterocycles. The van der Waals surface area contributed by atoms with Gasteiger partial charge >= 0.3 is 29.6 Å². The molecule has 0 atom stereocenters. The Bertz CT molecular complexity index is 177. The molecule has 1 rings (SSSR count). The van der Waals surface area contributed by atoms with E-state index in [1.54, 1.807) is 0 Å². The second-order valence-corrected chi connectivity index (χ2v) is 2.76. The van der Waals surface area contributed by atoms with Crippen molar-refractivity contribution in [2.24, 2.45) is 0 Å². The Hall–Kier alpha value is 0.940. The fourth-order valence-electron chi connectivity index (χ4n) is 0.500. The average Bonchev–Trinajstić information content (AvgIpc) is 1.98. The third-order valence-corrected chi connectivity index (χ3v) is 2.55. The van der Waals surface area contributed by atoms with Crippen LogP contribution in [0, 0.1) is 17.4 Å². The molecule has 2 nitrogen and oxygen atoms in total. The summed E-state index contributed by atoms with van der Waals surface area (Å²) in [5, 5.41) is 7.72. The molecule has 0 spiro atoms. The summed E-state index contributed by atoms with van der Waals surface area (Å²) in [6.45, 7) is 3.92. The minimum Gasteiger partial charge on any atom is -0.578 e. The van der Waals surface area contributed by atoms with Gasteiger partial charge in [-0.3, -0.25) is 0 Å². The molecule has 0 bridgehead atoms. The van der Waals surface area contributed by atoms with Crippen molar-refractivity contribution < 1.29 is 29.6 Å². The van der Waals surface area contributed by atoms with E-state index in [9.17, 15) is 0 Å². The van der Waals surface area contributed by atoms with Crippen molar-refractivity contribution in [2.45, 2.75) is 13.8 Å². The number of aromatic nitrogens is 2. The van der Waals surface area contributed by atoms with E-state index in [0.717, 1.165) is 11.4 Å². The van der Waals surface area contributed by atoms with Gasteiger partial charge in [0, 0.05) is 9.26 Å². The van der Waals surface area contributed by atoms with Crippen molar-refractivity contribution in [3.63, 3.8) is 0 Å². The van der Waals surface area contributed by atoms with Crippen LogP contribution in [0.4, 0.5) is 0 Å². The molecule has 0 aromatic carbocycles. The normalized spacial score (nSPS) is 8.78. The van der Waals surface area contributed by atoms with Crippen LogP contribution >= 0.6 is 22.6 Å². The van der Waals surface area contributed by atoms with Crippen LogP contribution in [0.5, 0.6) is 0 Å². The first-order valence-electron chi connectivity index (χ1n) is 2.34. The van der Waals surface area contributed by atoms with Crippen LogP contribution in [0.3, 0.4) is 0 Å². The van der Waals surface area contributed by atoms with Crippen LogP contribution in [0.25, 0.3) is 0 Å². The third-order valence-electron chi connectivity index (χ3n) is 0.985. The van der Waals surface area contributed by atoms with Crippen LogP contribution < -0.4 is 34.7 Å². The molecule has 0 fully saturated rings. The molecular weight excluding hydrogens is 238 g/mol. The first-order valence-corrected chi connectivity index (χ1v) is 3.41. The summed E-state index contributed by atoms with van der Waals surface area (Å²) in [5.41, 5.74) is 2.06. The summed E-state index contributed by atoms with van der Waals surface area (Å²) in [4.78, 5) is 0. The van der Waals surface area contributed by atoms with Gasteiger partial charge in [-0.15, -0.1) is 5.69 Å². The molecule has 0 aliphatic carbocycles. The molecule has 0 saturated carbocycles. The van der Waals surface area contributed by atoms with Crippen LogP contribution in [0.15, 0.2) is 0 Å². The summed E-state index contributed by atoms with van der Waals surface area (Å²) in [6.07, 6.45) is 0. The van der Waals surface area contributed by atoms with E-state index in [-0.39, 0.29) is 29.6 Å². The first kappa shape index (κ1) is 9.94. The van der Waals surface area contributed by atoms with E-state index in [4.69, 9.17) is 0 Å². The van der Waals surface area contributed by atoms with Crippen molar-refractivity contribution in [1.29, 1.82) is 0 Å². The van der Waals surface area contributed by atoms with Gasteiger partial charge in [-0.2, -0.15) is 0 Å². The fourth-order valence-corrected chi connectivity index (χ4v) is 0.715. The number of halogens is 1. The zero-order valence-corrected chi connectivity index (χ0v) is 9.93. The molecule has 0 radical (unpaired) electrons. The largest absolute Gasteiger partial charge is 1.00 e. The minimum absolute atomic E-state index is 0. The number of rotatable bonds is 0. The predicted octanol–water partition coefficient (Wildman–Crippen LogP) is -1.74. The number of aryl methyl sites for hydroxylation is 2. The van der Waals surface area contributed by atoms with Gasteiger partial charge in [0.05, 0.1) is 0 Å². The van der Waals surface area contributed by atoms with E-state index < -0.39 is 0 Å². The summed E-state index contributed by atoms with van der Waals surface area (Å²) < 4.78 is 1.18. The number of hydrogen-bond acceptors (Lipinski definition) is 1. The van der Waals surface area contributed by atoms with Gasteiger partial charge in [-0.05, 0) is 29.5 Å². The van der Waals surface area contributed by atoms with Crippen LogP contribution in [0.2, 0.25) is 0 Å². The molecule has 0 unspecified atom stereocenters. The maximum absolute atomic E-state index is 3.86. The summed E-state index contributed by atoms with van der Waals surface area (Å²) in [7, 11) is 0. The second kappa shape index (κ2) is 3.95. The van der Waals surface area contributed by atoms with Crippen molar-refractivity contribution >= 4 is 22.6 Å². The Labute approximate surface area is 90.2 Å². The van der Waals surface area contributed by atoms with Gasteiger partial charge in [0.15, 0.2) is 0 Å². The maximum atomic E-state index is 3.86.